The molecule has 0 aromatic rings. The lowest BCUT2D eigenvalue weighted by Gasteiger charge is -2.10. The number of rotatable bonds is 6. The number of carbonyl (C=O) groups excluding carboxylic acids is 2. The van der Waals surface area contributed by atoms with E-state index in [9.17, 15) is 9.59 Å². The van der Waals surface area contributed by atoms with Crippen LogP contribution in [-0.4, -0.2) is 24.5 Å². The topological polar surface area (TPSA) is 55.4 Å². The maximum atomic E-state index is 11.5. The second-order valence-electron chi connectivity index (χ2n) is 4.61. The van der Waals surface area contributed by atoms with E-state index in [1.807, 2.05) is 13.8 Å². The van der Waals surface area contributed by atoms with Crippen LogP contribution in [0.2, 0.25) is 0 Å². The van der Waals surface area contributed by atoms with Crippen LogP contribution >= 0.6 is 0 Å². The molecule has 1 aliphatic carbocycles. The van der Waals surface area contributed by atoms with Crippen LogP contribution in [-0.2, 0) is 14.3 Å². The van der Waals surface area contributed by atoms with Crippen molar-refractivity contribution in [2.45, 2.75) is 45.6 Å². The molecular weight excluding hydrogens is 218 g/mol. The predicted molar refractivity (Wildman–Crippen MR) is 65.3 cm³/mol. The highest BCUT2D eigenvalue weighted by Gasteiger charge is 2.14. The second-order valence-corrected chi connectivity index (χ2v) is 4.61. The Bertz CT molecular complexity index is 297. The highest BCUT2D eigenvalue weighted by molar-refractivity contribution is 5.77. The molecule has 96 valence electrons. The van der Waals surface area contributed by atoms with Crippen LogP contribution in [0.5, 0.6) is 0 Å². The van der Waals surface area contributed by atoms with Gasteiger partial charge in [0, 0.05) is 13.0 Å². The smallest absolute Gasteiger partial charge is 0.307 e. The lowest BCUT2D eigenvalue weighted by Crippen LogP contribution is -2.28. The van der Waals surface area contributed by atoms with Crippen molar-refractivity contribution in [1.29, 1.82) is 0 Å². The molecule has 1 unspecified atom stereocenters. The summed E-state index contributed by atoms with van der Waals surface area (Å²) in [6, 6.07) is 0. The maximum Gasteiger partial charge on any atom is 0.307 e. The number of hydrogen-bond donors (Lipinski definition) is 1. The Kier molecular flexibility index (Phi) is 5.73. The summed E-state index contributed by atoms with van der Waals surface area (Å²) in [5.74, 6) is 0.123. The van der Waals surface area contributed by atoms with Crippen LogP contribution in [0.4, 0.5) is 0 Å². The summed E-state index contributed by atoms with van der Waals surface area (Å²) in [6.07, 6.45) is 6.99. The van der Waals surface area contributed by atoms with Crippen molar-refractivity contribution in [3.63, 3.8) is 0 Å². The van der Waals surface area contributed by atoms with Gasteiger partial charge in [0.1, 0.15) is 0 Å². The Morgan fingerprint density at radius 2 is 2.24 bits per heavy atom. The minimum absolute atomic E-state index is 0.0129. The number of ether oxygens (including phenoxy) is 1. The fraction of sp³-hybridized carbons (Fsp3) is 0.692. The molecule has 0 aromatic carbocycles. The zero-order chi connectivity index (χ0) is 12.7. The number of esters is 1. The van der Waals surface area contributed by atoms with Gasteiger partial charge >= 0.3 is 5.97 Å². The Labute approximate surface area is 102 Å². The first kappa shape index (κ1) is 13.7. The van der Waals surface area contributed by atoms with E-state index in [2.05, 4.69) is 17.5 Å². The Hall–Kier alpha value is -1.32. The van der Waals surface area contributed by atoms with Crippen LogP contribution in [0.15, 0.2) is 12.2 Å². The Morgan fingerprint density at radius 1 is 1.47 bits per heavy atom. The van der Waals surface area contributed by atoms with Crippen LogP contribution in [0, 0.1) is 5.92 Å². The minimum atomic E-state index is -0.263. The SMILES string of the molecule is CC(C)OC(=O)CCNC(=O)CC1C=CCC1. The summed E-state index contributed by atoms with van der Waals surface area (Å²) in [6.45, 7) is 3.98. The Morgan fingerprint density at radius 3 is 2.82 bits per heavy atom. The third-order valence-corrected chi connectivity index (χ3v) is 2.58. The molecule has 1 aliphatic rings. The fourth-order valence-corrected chi connectivity index (χ4v) is 1.80. The van der Waals surface area contributed by atoms with Crippen LogP contribution in [0.3, 0.4) is 0 Å². The normalized spacial score (nSPS) is 18.4. The molecule has 0 fully saturated rings. The third kappa shape index (κ3) is 6.09. The number of allylic oxidation sites excluding steroid dienone is 2. The molecule has 4 nitrogen and oxygen atoms in total. The van der Waals surface area contributed by atoms with Gasteiger partial charge in [-0.15, -0.1) is 0 Å². The van der Waals surface area contributed by atoms with Crippen LogP contribution < -0.4 is 5.32 Å². The average Bonchev–Trinajstić information content (AvgIpc) is 2.69. The highest BCUT2D eigenvalue weighted by atomic mass is 16.5. The fourth-order valence-electron chi connectivity index (χ4n) is 1.80. The summed E-state index contributed by atoms with van der Waals surface area (Å²) in [4.78, 5) is 22.7. The average molecular weight is 239 g/mol. The lowest BCUT2D eigenvalue weighted by atomic mass is 10.1. The van der Waals surface area contributed by atoms with Crippen molar-refractivity contribution in [3.05, 3.63) is 12.2 Å². The van der Waals surface area contributed by atoms with Gasteiger partial charge in [0.2, 0.25) is 5.91 Å². The lowest BCUT2D eigenvalue weighted by molar-refractivity contribution is -0.147. The molecule has 0 spiro atoms. The van der Waals surface area contributed by atoms with Gasteiger partial charge in [0.05, 0.1) is 12.5 Å². The quantitative estimate of drug-likeness (QED) is 0.568. The van der Waals surface area contributed by atoms with E-state index >= 15 is 0 Å². The molecule has 0 bridgehead atoms. The standard InChI is InChI=1S/C13H21NO3/c1-10(2)17-13(16)7-8-14-12(15)9-11-5-3-4-6-11/h3,5,10-11H,4,6-9H2,1-2H3,(H,14,15). The minimum Gasteiger partial charge on any atom is -0.463 e. The van der Waals surface area contributed by atoms with E-state index in [0.29, 0.717) is 18.9 Å². The predicted octanol–water partition coefficient (Wildman–Crippen LogP) is 1.80. The van der Waals surface area contributed by atoms with E-state index in [1.165, 1.54) is 0 Å². The molecule has 0 saturated heterocycles. The zero-order valence-corrected chi connectivity index (χ0v) is 10.6. The van der Waals surface area contributed by atoms with Gasteiger partial charge in [0.25, 0.3) is 0 Å². The molecule has 1 atom stereocenters. The summed E-state index contributed by atoms with van der Waals surface area (Å²) in [7, 11) is 0. The summed E-state index contributed by atoms with van der Waals surface area (Å²) >= 11 is 0. The molecule has 17 heavy (non-hydrogen) atoms. The van der Waals surface area contributed by atoms with Crippen LogP contribution in [0.25, 0.3) is 0 Å². The molecule has 0 saturated carbocycles. The molecule has 0 radical (unpaired) electrons. The molecule has 1 N–H and O–H groups in total. The number of carbonyl (C=O) groups is 2. The van der Waals surface area contributed by atoms with Crippen molar-refractivity contribution < 1.29 is 14.3 Å². The van der Waals surface area contributed by atoms with Crippen molar-refractivity contribution in [3.8, 4) is 0 Å². The molecule has 1 rings (SSSR count). The van der Waals surface area contributed by atoms with E-state index in [0.717, 1.165) is 12.8 Å². The number of amides is 1. The van der Waals surface area contributed by atoms with Gasteiger partial charge < -0.3 is 10.1 Å². The number of hydrogen-bond acceptors (Lipinski definition) is 3. The Balaban J connectivity index is 2.07. The van der Waals surface area contributed by atoms with Crippen LogP contribution in [0.1, 0.15) is 39.5 Å². The zero-order valence-electron chi connectivity index (χ0n) is 10.6. The molecular formula is C13H21NO3. The van der Waals surface area contributed by atoms with Crippen molar-refractivity contribution in [2.24, 2.45) is 5.92 Å². The van der Waals surface area contributed by atoms with Crippen molar-refractivity contribution in [2.75, 3.05) is 6.54 Å². The monoisotopic (exact) mass is 239 g/mol. The van der Waals surface area contributed by atoms with Gasteiger partial charge in [-0.25, -0.2) is 0 Å². The van der Waals surface area contributed by atoms with Gasteiger partial charge in [0.15, 0.2) is 0 Å². The highest BCUT2D eigenvalue weighted by Crippen LogP contribution is 2.19. The summed E-state index contributed by atoms with van der Waals surface area (Å²) in [5, 5.41) is 2.74. The van der Waals surface area contributed by atoms with Gasteiger partial charge in [-0.2, -0.15) is 0 Å². The summed E-state index contributed by atoms with van der Waals surface area (Å²) in [5.41, 5.74) is 0. The molecule has 4 heteroatoms. The first-order valence-corrected chi connectivity index (χ1v) is 6.20. The second kappa shape index (κ2) is 7.09. The van der Waals surface area contributed by atoms with E-state index < -0.39 is 0 Å². The van der Waals surface area contributed by atoms with E-state index in [-0.39, 0.29) is 24.4 Å². The molecule has 0 aliphatic heterocycles. The first-order valence-electron chi connectivity index (χ1n) is 6.20. The first-order chi connectivity index (χ1) is 8.08. The van der Waals surface area contributed by atoms with E-state index in [1.54, 1.807) is 0 Å². The molecule has 0 aromatic heterocycles. The van der Waals surface area contributed by atoms with Crippen molar-refractivity contribution in [1.82, 2.24) is 5.32 Å². The van der Waals surface area contributed by atoms with Gasteiger partial charge in [-0.3, -0.25) is 9.59 Å². The largest absolute Gasteiger partial charge is 0.463 e. The van der Waals surface area contributed by atoms with E-state index in [4.69, 9.17) is 4.74 Å². The maximum absolute atomic E-state index is 11.5. The molecule has 0 heterocycles. The molecule has 1 amide bonds. The third-order valence-electron chi connectivity index (χ3n) is 2.58. The van der Waals surface area contributed by atoms with Gasteiger partial charge in [-0.05, 0) is 32.6 Å². The van der Waals surface area contributed by atoms with Crippen molar-refractivity contribution >= 4 is 11.9 Å². The summed E-state index contributed by atoms with van der Waals surface area (Å²) < 4.78 is 4.96. The number of nitrogens with one attached hydrogen (secondary N) is 1. The van der Waals surface area contributed by atoms with Gasteiger partial charge in [-0.1, -0.05) is 12.2 Å².